The number of hydrogen-bond donors (Lipinski definition) is 0. The third kappa shape index (κ3) is 6.33. The molecule has 6 nitrogen and oxygen atoms in total. The van der Waals surface area contributed by atoms with Crippen LogP contribution in [0.15, 0.2) is 54.6 Å². The van der Waals surface area contributed by atoms with Gasteiger partial charge >= 0.3 is 5.97 Å². The molecule has 27 heavy (non-hydrogen) atoms. The predicted molar refractivity (Wildman–Crippen MR) is 102 cm³/mol. The SMILES string of the molecule is COc1ccccc1OCCC(=O)OC(C)C(=O)N(C)Cc1ccccc1. The van der Waals surface area contributed by atoms with E-state index in [1.54, 1.807) is 38.1 Å². The van der Waals surface area contributed by atoms with Crippen molar-refractivity contribution in [1.29, 1.82) is 0 Å². The van der Waals surface area contributed by atoms with Gasteiger partial charge in [0.05, 0.1) is 20.1 Å². The number of esters is 1. The Morgan fingerprint density at radius 2 is 1.63 bits per heavy atom. The summed E-state index contributed by atoms with van der Waals surface area (Å²) >= 11 is 0. The third-order valence-electron chi connectivity index (χ3n) is 3.93. The second-order valence-corrected chi connectivity index (χ2v) is 6.06. The van der Waals surface area contributed by atoms with E-state index >= 15 is 0 Å². The van der Waals surface area contributed by atoms with Crippen LogP contribution in [0.4, 0.5) is 0 Å². The Labute approximate surface area is 159 Å². The number of rotatable bonds is 9. The van der Waals surface area contributed by atoms with Gasteiger partial charge in [-0.2, -0.15) is 0 Å². The van der Waals surface area contributed by atoms with Gasteiger partial charge in [-0.25, -0.2) is 0 Å². The zero-order valence-electron chi connectivity index (χ0n) is 15.9. The summed E-state index contributed by atoms with van der Waals surface area (Å²) in [5, 5.41) is 0. The average molecular weight is 371 g/mol. The summed E-state index contributed by atoms with van der Waals surface area (Å²) in [5.41, 5.74) is 1.01. The molecule has 0 fully saturated rings. The number of benzene rings is 2. The van der Waals surface area contributed by atoms with Crippen LogP contribution in [0.1, 0.15) is 18.9 Å². The van der Waals surface area contributed by atoms with Crippen LogP contribution < -0.4 is 9.47 Å². The van der Waals surface area contributed by atoms with E-state index in [9.17, 15) is 9.59 Å². The smallest absolute Gasteiger partial charge is 0.310 e. The lowest BCUT2D eigenvalue weighted by Crippen LogP contribution is -2.37. The minimum Gasteiger partial charge on any atom is -0.493 e. The molecule has 0 aliphatic heterocycles. The van der Waals surface area contributed by atoms with Crippen molar-refractivity contribution in [3.05, 3.63) is 60.2 Å². The van der Waals surface area contributed by atoms with Crippen LogP contribution in [0.5, 0.6) is 11.5 Å². The topological polar surface area (TPSA) is 65.1 Å². The predicted octanol–water partition coefficient (Wildman–Crippen LogP) is 3.05. The van der Waals surface area contributed by atoms with Crippen LogP contribution in [0.25, 0.3) is 0 Å². The van der Waals surface area contributed by atoms with Crippen LogP contribution in [0, 0.1) is 0 Å². The first-order chi connectivity index (χ1) is 13.0. The number of amides is 1. The van der Waals surface area contributed by atoms with Crippen molar-refractivity contribution in [3.8, 4) is 11.5 Å². The number of carbonyl (C=O) groups is 2. The molecular weight excluding hydrogens is 346 g/mol. The molecule has 0 heterocycles. The molecule has 0 saturated carbocycles. The summed E-state index contributed by atoms with van der Waals surface area (Å²) in [5.74, 6) is 0.410. The highest BCUT2D eigenvalue weighted by Crippen LogP contribution is 2.25. The lowest BCUT2D eigenvalue weighted by Gasteiger charge is -2.21. The number of hydrogen-bond acceptors (Lipinski definition) is 5. The fourth-order valence-electron chi connectivity index (χ4n) is 2.53. The van der Waals surface area contributed by atoms with Gasteiger partial charge in [0.15, 0.2) is 17.6 Å². The Morgan fingerprint density at radius 3 is 2.30 bits per heavy atom. The summed E-state index contributed by atoms with van der Waals surface area (Å²) in [4.78, 5) is 25.9. The zero-order valence-corrected chi connectivity index (χ0v) is 15.9. The quantitative estimate of drug-likeness (QED) is 0.634. The van der Waals surface area contributed by atoms with Crippen LogP contribution in [-0.4, -0.2) is 43.6 Å². The van der Waals surface area contributed by atoms with E-state index in [0.29, 0.717) is 18.0 Å². The van der Waals surface area contributed by atoms with E-state index in [0.717, 1.165) is 5.56 Å². The van der Waals surface area contributed by atoms with E-state index in [1.807, 2.05) is 42.5 Å². The lowest BCUT2D eigenvalue weighted by molar-refractivity contribution is -0.159. The van der Waals surface area contributed by atoms with E-state index in [4.69, 9.17) is 14.2 Å². The van der Waals surface area contributed by atoms with Gasteiger partial charge in [0, 0.05) is 13.6 Å². The fraction of sp³-hybridized carbons (Fsp3) is 0.333. The van der Waals surface area contributed by atoms with E-state index in [-0.39, 0.29) is 18.9 Å². The Kier molecular flexibility index (Phi) is 7.67. The number of methoxy groups -OCH3 is 1. The van der Waals surface area contributed by atoms with Gasteiger partial charge < -0.3 is 19.1 Å². The van der Waals surface area contributed by atoms with Crippen LogP contribution in [-0.2, 0) is 20.9 Å². The van der Waals surface area contributed by atoms with Crippen LogP contribution in [0.3, 0.4) is 0 Å². The first-order valence-electron chi connectivity index (χ1n) is 8.75. The Morgan fingerprint density at radius 1 is 1.00 bits per heavy atom. The summed E-state index contributed by atoms with van der Waals surface area (Å²) in [6, 6.07) is 16.8. The molecular formula is C21H25NO5. The van der Waals surface area contributed by atoms with Gasteiger partial charge in [-0.15, -0.1) is 0 Å². The molecule has 1 unspecified atom stereocenters. The van der Waals surface area contributed by atoms with Crippen molar-refractivity contribution in [2.45, 2.75) is 26.0 Å². The Bertz CT molecular complexity index is 747. The zero-order chi connectivity index (χ0) is 19.6. The normalized spacial score (nSPS) is 11.4. The highest BCUT2D eigenvalue weighted by molar-refractivity contribution is 5.83. The number of para-hydroxylation sites is 2. The summed E-state index contributed by atoms with van der Waals surface area (Å²) < 4.78 is 16.0. The molecule has 0 spiro atoms. The maximum atomic E-state index is 12.4. The van der Waals surface area contributed by atoms with Crippen LogP contribution in [0.2, 0.25) is 0 Å². The summed E-state index contributed by atoms with van der Waals surface area (Å²) in [6.07, 6.45) is -0.810. The first kappa shape index (κ1) is 20.3. The standard InChI is InChI=1S/C21H25NO5/c1-16(21(24)22(2)15-17-9-5-4-6-10-17)27-20(23)13-14-26-19-12-8-7-11-18(19)25-3/h4-12,16H,13-15H2,1-3H3. The Balaban J connectivity index is 1.76. The maximum absolute atomic E-state index is 12.4. The molecule has 0 N–H and O–H groups in total. The molecule has 0 aliphatic carbocycles. The van der Waals surface area contributed by atoms with E-state index in [2.05, 4.69) is 0 Å². The molecule has 0 aliphatic rings. The van der Waals surface area contributed by atoms with Crippen LogP contribution >= 0.6 is 0 Å². The molecule has 1 atom stereocenters. The molecule has 2 aromatic carbocycles. The van der Waals surface area contributed by atoms with Crippen molar-refractivity contribution in [2.24, 2.45) is 0 Å². The summed E-state index contributed by atoms with van der Waals surface area (Å²) in [6.45, 7) is 2.17. The van der Waals surface area contributed by atoms with Gasteiger partial charge in [0.2, 0.25) is 0 Å². The largest absolute Gasteiger partial charge is 0.493 e. The average Bonchev–Trinajstić information content (AvgIpc) is 2.68. The Hall–Kier alpha value is -3.02. The van der Waals surface area contributed by atoms with Crippen molar-refractivity contribution >= 4 is 11.9 Å². The minimum absolute atomic E-state index is 0.0398. The van der Waals surface area contributed by atoms with E-state index < -0.39 is 12.1 Å². The molecule has 0 bridgehead atoms. The second kappa shape index (κ2) is 10.2. The lowest BCUT2D eigenvalue weighted by atomic mass is 10.2. The van der Waals surface area contributed by atoms with Gasteiger partial charge in [-0.3, -0.25) is 9.59 Å². The third-order valence-corrected chi connectivity index (χ3v) is 3.93. The van der Waals surface area contributed by atoms with Gasteiger partial charge in [-0.1, -0.05) is 42.5 Å². The molecule has 0 aromatic heterocycles. The molecule has 0 saturated heterocycles. The van der Waals surface area contributed by atoms with Crippen molar-refractivity contribution in [2.75, 3.05) is 20.8 Å². The summed E-state index contributed by atoms with van der Waals surface area (Å²) in [7, 11) is 3.24. The highest BCUT2D eigenvalue weighted by atomic mass is 16.6. The van der Waals surface area contributed by atoms with Crippen molar-refractivity contribution < 1.29 is 23.8 Å². The number of nitrogens with zero attached hydrogens (tertiary/aromatic N) is 1. The first-order valence-corrected chi connectivity index (χ1v) is 8.75. The van der Waals surface area contributed by atoms with Crippen molar-refractivity contribution in [1.82, 2.24) is 4.90 Å². The van der Waals surface area contributed by atoms with Crippen molar-refractivity contribution in [3.63, 3.8) is 0 Å². The fourth-order valence-corrected chi connectivity index (χ4v) is 2.53. The molecule has 2 aromatic rings. The van der Waals surface area contributed by atoms with E-state index in [1.165, 1.54) is 0 Å². The molecule has 0 radical (unpaired) electrons. The monoisotopic (exact) mass is 371 g/mol. The highest BCUT2D eigenvalue weighted by Gasteiger charge is 2.21. The molecule has 144 valence electrons. The molecule has 6 heteroatoms. The second-order valence-electron chi connectivity index (χ2n) is 6.06. The minimum atomic E-state index is -0.850. The van der Waals surface area contributed by atoms with Gasteiger partial charge in [0.25, 0.3) is 5.91 Å². The number of ether oxygens (including phenoxy) is 3. The molecule has 1 amide bonds. The molecule has 2 rings (SSSR count). The number of carbonyl (C=O) groups excluding carboxylic acids is 2. The maximum Gasteiger partial charge on any atom is 0.310 e. The number of likely N-dealkylation sites (N-methyl/N-ethyl adjacent to an activating group) is 1. The van der Waals surface area contributed by atoms with Gasteiger partial charge in [-0.05, 0) is 24.6 Å². The van der Waals surface area contributed by atoms with Gasteiger partial charge in [0.1, 0.15) is 0 Å².